The molecule has 0 amide bonds. The summed E-state index contributed by atoms with van der Waals surface area (Å²) in [4.78, 5) is 0.385. The van der Waals surface area contributed by atoms with Crippen molar-refractivity contribution in [2.45, 2.75) is 56.3 Å². The molecule has 0 aromatic heterocycles. The molecular formula is C23H31NO3S. The van der Waals surface area contributed by atoms with Crippen LogP contribution in [-0.2, 0) is 15.4 Å². The molecule has 0 aliphatic carbocycles. The number of benzene rings is 2. The average Bonchev–Trinajstić information content (AvgIpc) is 2.94. The number of nitrogens with zero attached hydrogens (tertiary/aromatic N) is 1. The fourth-order valence-electron chi connectivity index (χ4n) is 3.75. The maximum absolute atomic E-state index is 13.3. The highest BCUT2D eigenvalue weighted by atomic mass is 32.2. The van der Waals surface area contributed by atoms with Gasteiger partial charge in [0.2, 0.25) is 10.0 Å². The van der Waals surface area contributed by atoms with Crippen LogP contribution in [0.1, 0.15) is 57.1 Å². The Labute approximate surface area is 169 Å². The first-order valence-electron chi connectivity index (χ1n) is 9.96. The van der Waals surface area contributed by atoms with Gasteiger partial charge in [0.15, 0.2) is 0 Å². The Morgan fingerprint density at radius 2 is 1.61 bits per heavy atom. The number of hydrogen-bond donors (Lipinski definition) is 0. The van der Waals surface area contributed by atoms with E-state index in [1.807, 2.05) is 24.3 Å². The van der Waals surface area contributed by atoms with E-state index in [1.165, 1.54) is 5.56 Å². The number of rotatable bonds is 4. The third-order valence-corrected chi connectivity index (χ3v) is 7.46. The van der Waals surface area contributed by atoms with Crippen molar-refractivity contribution in [1.29, 1.82) is 0 Å². The van der Waals surface area contributed by atoms with Gasteiger partial charge in [0.25, 0.3) is 0 Å². The van der Waals surface area contributed by atoms with Crippen molar-refractivity contribution >= 4 is 10.0 Å². The molecule has 5 heteroatoms. The van der Waals surface area contributed by atoms with Crippen molar-refractivity contribution in [2.75, 3.05) is 20.2 Å². The molecule has 4 nitrogen and oxygen atoms in total. The summed E-state index contributed by atoms with van der Waals surface area (Å²) < 4.78 is 33.5. The second kappa shape index (κ2) is 8.26. The SMILES string of the molecule is COc1ccc(C2CCCCN(S(=O)(=O)c3ccc(C(C)(C)C)cc3)C2)cc1. The lowest BCUT2D eigenvalue weighted by molar-refractivity contribution is 0.404. The van der Waals surface area contributed by atoms with E-state index in [-0.39, 0.29) is 11.3 Å². The normalized spacial score (nSPS) is 19.2. The van der Waals surface area contributed by atoms with E-state index >= 15 is 0 Å². The van der Waals surface area contributed by atoms with Crippen molar-refractivity contribution in [3.63, 3.8) is 0 Å². The Hall–Kier alpha value is -1.85. The Kier molecular flexibility index (Phi) is 6.15. The summed E-state index contributed by atoms with van der Waals surface area (Å²) in [5, 5.41) is 0. The van der Waals surface area contributed by atoms with Crippen LogP contribution in [0.2, 0.25) is 0 Å². The van der Waals surface area contributed by atoms with Gasteiger partial charge in [0, 0.05) is 13.1 Å². The molecule has 2 aromatic carbocycles. The molecule has 1 fully saturated rings. The van der Waals surface area contributed by atoms with E-state index in [1.54, 1.807) is 23.5 Å². The summed E-state index contributed by atoms with van der Waals surface area (Å²) in [5.41, 5.74) is 2.31. The summed E-state index contributed by atoms with van der Waals surface area (Å²) in [5.74, 6) is 1.03. The Morgan fingerprint density at radius 1 is 0.964 bits per heavy atom. The van der Waals surface area contributed by atoms with Crippen LogP contribution in [0.4, 0.5) is 0 Å². The van der Waals surface area contributed by atoms with Crippen LogP contribution in [0.25, 0.3) is 0 Å². The van der Waals surface area contributed by atoms with Gasteiger partial charge in [-0.25, -0.2) is 8.42 Å². The predicted octanol–water partition coefficient (Wildman–Crippen LogP) is 4.95. The van der Waals surface area contributed by atoms with Crippen molar-refractivity contribution in [1.82, 2.24) is 4.31 Å². The van der Waals surface area contributed by atoms with Crippen molar-refractivity contribution in [3.05, 3.63) is 59.7 Å². The fraction of sp³-hybridized carbons (Fsp3) is 0.478. The van der Waals surface area contributed by atoms with Gasteiger partial charge >= 0.3 is 0 Å². The molecule has 0 saturated carbocycles. The summed E-state index contributed by atoms with van der Waals surface area (Å²) in [6.45, 7) is 7.49. The highest BCUT2D eigenvalue weighted by Crippen LogP contribution is 2.31. The van der Waals surface area contributed by atoms with Crippen LogP contribution in [0.15, 0.2) is 53.4 Å². The monoisotopic (exact) mass is 401 g/mol. The summed E-state index contributed by atoms with van der Waals surface area (Å²) in [6.07, 6.45) is 2.93. The molecule has 1 aliphatic heterocycles. The molecular weight excluding hydrogens is 370 g/mol. The fourth-order valence-corrected chi connectivity index (χ4v) is 5.27. The maximum Gasteiger partial charge on any atom is 0.243 e. The second-order valence-electron chi connectivity index (χ2n) is 8.60. The Morgan fingerprint density at radius 3 is 2.18 bits per heavy atom. The molecule has 1 atom stereocenters. The highest BCUT2D eigenvalue weighted by molar-refractivity contribution is 7.89. The number of hydrogen-bond acceptors (Lipinski definition) is 3. The van der Waals surface area contributed by atoms with E-state index in [0.717, 1.165) is 30.6 Å². The molecule has 1 heterocycles. The molecule has 0 radical (unpaired) electrons. The zero-order valence-electron chi connectivity index (χ0n) is 17.3. The minimum absolute atomic E-state index is 0.00432. The minimum Gasteiger partial charge on any atom is -0.497 e. The number of ether oxygens (including phenoxy) is 1. The van der Waals surface area contributed by atoms with Gasteiger partial charge in [0.1, 0.15) is 5.75 Å². The molecule has 0 spiro atoms. The average molecular weight is 402 g/mol. The van der Waals surface area contributed by atoms with E-state index in [4.69, 9.17) is 4.74 Å². The van der Waals surface area contributed by atoms with Crippen molar-refractivity contribution in [3.8, 4) is 5.75 Å². The third-order valence-electron chi connectivity index (χ3n) is 5.58. The first kappa shape index (κ1) is 20.9. The zero-order chi connectivity index (χ0) is 20.4. The summed E-state index contributed by atoms with van der Waals surface area (Å²) in [6, 6.07) is 15.4. The van der Waals surface area contributed by atoms with Crippen LogP contribution in [0, 0.1) is 0 Å². The molecule has 1 unspecified atom stereocenters. The Bertz CT molecular complexity index is 881. The van der Waals surface area contributed by atoms with Gasteiger partial charge < -0.3 is 4.74 Å². The molecule has 1 aliphatic rings. The molecule has 152 valence electrons. The number of sulfonamides is 1. The number of methoxy groups -OCH3 is 1. The largest absolute Gasteiger partial charge is 0.497 e. The van der Waals surface area contributed by atoms with Gasteiger partial charge in [-0.2, -0.15) is 4.31 Å². The first-order valence-corrected chi connectivity index (χ1v) is 11.4. The second-order valence-corrected chi connectivity index (χ2v) is 10.5. The molecule has 0 N–H and O–H groups in total. The van der Waals surface area contributed by atoms with Crippen molar-refractivity contribution < 1.29 is 13.2 Å². The van der Waals surface area contributed by atoms with Crippen molar-refractivity contribution in [2.24, 2.45) is 0 Å². The summed E-state index contributed by atoms with van der Waals surface area (Å²) >= 11 is 0. The lowest BCUT2D eigenvalue weighted by Gasteiger charge is -2.25. The van der Waals surface area contributed by atoms with E-state index in [2.05, 4.69) is 32.9 Å². The Balaban J connectivity index is 1.83. The standard InChI is InChI=1S/C23H31NO3S/c1-23(2,3)20-10-14-22(15-11-20)28(25,26)24-16-6-5-7-19(17-24)18-8-12-21(27-4)13-9-18/h8-15,19H,5-7,16-17H2,1-4H3. The molecule has 0 bridgehead atoms. The maximum atomic E-state index is 13.3. The quantitative estimate of drug-likeness (QED) is 0.728. The van der Waals surface area contributed by atoms with Gasteiger partial charge in [-0.05, 0) is 59.6 Å². The highest BCUT2D eigenvalue weighted by Gasteiger charge is 2.30. The molecule has 28 heavy (non-hydrogen) atoms. The van der Waals surface area contributed by atoms with Crippen LogP contribution in [-0.4, -0.2) is 32.9 Å². The smallest absolute Gasteiger partial charge is 0.243 e. The molecule has 2 aromatic rings. The zero-order valence-corrected chi connectivity index (χ0v) is 18.1. The van der Waals surface area contributed by atoms with Gasteiger partial charge in [-0.15, -0.1) is 0 Å². The predicted molar refractivity (Wildman–Crippen MR) is 113 cm³/mol. The van der Waals surface area contributed by atoms with Crippen LogP contribution < -0.4 is 4.74 Å². The van der Waals surface area contributed by atoms with Crippen LogP contribution in [0.3, 0.4) is 0 Å². The lowest BCUT2D eigenvalue weighted by Crippen LogP contribution is -2.34. The topological polar surface area (TPSA) is 46.6 Å². The van der Waals surface area contributed by atoms with Gasteiger partial charge in [-0.1, -0.05) is 51.5 Å². The molecule has 1 saturated heterocycles. The first-order chi connectivity index (χ1) is 13.2. The van der Waals surface area contributed by atoms with Crippen LogP contribution in [0.5, 0.6) is 5.75 Å². The van der Waals surface area contributed by atoms with E-state index < -0.39 is 10.0 Å². The van der Waals surface area contributed by atoms with E-state index in [0.29, 0.717) is 18.0 Å². The van der Waals surface area contributed by atoms with E-state index in [9.17, 15) is 8.42 Å². The summed E-state index contributed by atoms with van der Waals surface area (Å²) in [7, 11) is -1.84. The third kappa shape index (κ3) is 4.58. The van der Waals surface area contributed by atoms with Gasteiger partial charge in [-0.3, -0.25) is 0 Å². The van der Waals surface area contributed by atoms with Crippen LogP contribution >= 0.6 is 0 Å². The van der Waals surface area contributed by atoms with Gasteiger partial charge in [0.05, 0.1) is 12.0 Å². The molecule has 3 rings (SSSR count). The minimum atomic E-state index is -3.49. The lowest BCUT2D eigenvalue weighted by atomic mass is 9.87.